The largest absolute Gasteiger partial charge is 0.478 e. The first kappa shape index (κ1) is 31.1. The van der Waals surface area contributed by atoms with Gasteiger partial charge < -0.3 is 19.3 Å². The van der Waals surface area contributed by atoms with Gasteiger partial charge in [-0.2, -0.15) is 8.42 Å². The van der Waals surface area contributed by atoms with Crippen molar-refractivity contribution in [2.45, 2.75) is 38.8 Å². The molecule has 11 heteroatoms. The Hall–Kier alpha value is -3.90. The van der Waals surface area contributed by atoms with Gasteiger partial charge in [-0.25, -0.2) is 9.37 Å². The van der Waals surface area contributed by atoms with E-state index >= 15 is 0 Å². The number of hydrogen-bond donors (Lipinski definition) is 3. The van der Waals surface area contributed by atoms with Crippen molar-refractivity contribution in [1.29, 1.82) is 0 Å². The summed E-state index contributed by atoms with van der Waals surface area (Å²) in [7, 11) is -0.448. The first-order valence-electron chi connectivity index (χ1n) is 14.4. The summed E-state index contributed by atoms with van der Waals surface area (Å²) in [5.41, 5.74) is 4.47. The maximum atomic E-state index is 12.5. The van der Waals surface area contributed by atoms with Crippen molar-refractivity contribution in [3.05, 3.63) is 99.1 Å². The third-order valence-electron chi connectivity index (χ3n) is 9.14. The molecule has 0 bridgehead atoms. The monoisotopic (exact) mass is 647 g/mol. The van der Waals surface area contributed by atoms with Crippen LogP contribution in [0.1, 0.15) is 60.3 Å². The summed E-state index contributed by atoms with van der Waals surface area (Å²) in [5, 5.41) is 11.8. The van der Waals surface area contributed by atoms with Crippen molar-refractivity contribution in [2.75, 3.05) is 30.5 Å². The van der Waals surface area contributed by atoms with Crippen molar-refractivity contribution in [1.82, 2.24) is 4.58 Å². The molecule has 0 aromatic heterocycles. The Labute approximate surface area is 266 Å². The van der Waals surface area contributed by atoms with E-state index in [4.69, 9.17) is 4.74 Å². The molecule has 3 N–H and O–H groups in total. The SMILES string of the molecule is CN1c2cc3c(cc2C(CS(=O)(=O)O)=CC1(C)C)C(c1ccccc1C(=O)O)=c1cc2c(cc1O3)=[N+](C)C(C)(C)C=C2CSO. The van der Waals surface area contributed by atoms with Gasteiger partial charge in [0.1, 0.15) is 24.3 Å². The van der Waals surface area contributed by atoms with Gasteiger partial charge in [0.25, 0.3) is 10.1 Å². The molecule has 6 rings (SSSR count). The Bertz CT molecular complexity index is 2110. The topological polar surface area (TPSA) is 127 Å². The molecule has 234 valence electrons. The molecule has 0 unspecified atom stereocenters. The Morgan fingerprint density at radius 3 is 2.33 bits per heavy atom. The molecule has 3 aliphatic rings. The molecule has 0 atom stereocenters. The van der Waals surface area contributed by atoms with Crippen molar-refractivity contribution < 1.29 is 32.2 Å². The fraction of sp³-hybridized carbons (Fsp3) is 0.294. The van der Waals surface area contributed by atoms with Crippen LogP contribution >= 0.6 is 12.0 Å². The molecule has 0 saturated heterocycles. The number of carbonyl (C=O) groups is 1. The van der Waals surface area contributed by atoms with E-state index < -0.39 is 27.4 Å². The molecule has 0 fully saturated rings. The number of benzene rings is 3. The second-order valence-corrected chi connectivity index (χ2v) is 14.8. The lowest BCUT2D eigenvalue weighted by Crippen LogP contribution is -2.47. The predicted molar refractivity (Wildman–Crippen MR) is 178 cm³/mol. The van der Waals surface area contributed by atoms with E-state index in [2.05, 4.69) is 24.5 Å². The van der Waals surface area contributed by atoms with E-state index in [1.54, 1.807) is 24.3 Å². The van der Waals surface area contributed by atoms with Crippen molar-refractivity contribution in [3.8, 4) is 11.5 Å². The van der Waals surface area contributed by atoms with Crippen LogP contribution in [0.2, 0.25) is 0 Å². The zero-order valence-electron chi connectivity index (χ0n) is 25.9. The fourth-order valence-electron chi connectivity index (χ4n) is 6.54. The van der Waals surface area contributed by atoms with E-state index in [1.165, 1.54) is 0 Å². The average Bonchev–Trinajstić information content (AvgIpc) is 2.95. The summed E-state index contributed by atoms with van der Waals surface area (Å²) in [4.78, 5) is 14.5. The molecule has 45 heavy (non-hydrogen) atoms. The van der Waals surface area contributed by atoms with Gasteiger partial charge in [0.15, 0.2) is 5.54 Å². The van der Waals surface area contributed by atoms with Crippen molar-refractivity contribution in [3.63, 3.8) is 0 Å². The lowest BCUT2D eigenvalue weighted by molar-refractivity contribution is 0.0696. The third kappa shape index (κ3) is 5.27. The Kier molecular flexibility index (Phi) is 7.32. The number of fused-ring (bicyclic) bond motifs is 4. The van der Waals surface area contributed by atoms with Gasteiger partial charge >= 0.3 is 5.97 Å². The van der Waals surface area contributed by atoms with Crippen LogP contribution < -0.4 is 24.8 Å². The van der Waals surface area contributed by atoms with Gasteiger partial charge in [-0.3, -0.25) is 4.55 Å². The van der Waals surface area contributed by atoms with Crippen LogP contribution in [0.25, 0.3) is 16.7 Å². The highest BCUT2D eigenvalue weighted by molar-refractivity contribution is 7.94. The van der Waals surface area contributed by atoms with E-state index in [0.29, 0.717) is 50.3 Å². The van der Waals surface area contributed by atoms with Gasteiger partial charge in [0, 0.05) is 60.3 Å². The molecule has 3 heterocycles. The number of anilines is 1. The number of hydrogen-bond acceptors (Lipinski definition) is 7. The molecular weight excluding hydrogens is 613 g/mol. The molecule has 3 aromatic rings. The number of carboxylic acid groups (broad SMARTS) is 1. The number of rotatable bonds is 6. The quantitative estimate of drug-likeness (QED) is 0.155. The Morgan fingerprint density at radius 1 is 0.956 bits per heavy atom. The maximum Gasteiger partial charge on any atom is 0.336 e. The number of carboxylic acids is 1. The highest BCUT2D eigenvalue weighted by atomic mass is 32.2. The normalized spacial score (nSPS) is 17.7. The lowest BCUT2D eigenvalue weighted by atomic mass is 9.83. The summed E-state index contributed by atoms with van der Waals surface area (Å²) in [5.74, 6) is -0.260. The minimum Gasteiger partial charge on any atom is -0.478 e. The average molecular weight is 648 g/mol. The van der Waals surface area contributed by atoms with Gasteiger partial charge in [-0.15, -0.1) is 0 Å². The Morgan fingerprint density at radius 2 is 1.67 bits per heavy atom. The maximum absolute atomic E-state index is 12.5. The van der Waals surface area contributed by atoms with Crippen molar-refractivity contribution in [2.24, 2.45) is 0 Å². The van der Waals surface area contributed by atoms with E-state index in [9.17, 15) is 27.4 Å². The minimum absolute atomic E-state index is 0.105. The molecule has 9 nitrogen and oxygen atoms in total. The van der Waals surface area contributed by atoms with Gasteiger partial charge in [-0.05, 0) is 66.9 Å². The number of ether oxygens (including phenoxy) is 1. The first-order chi connectivity index (χ1) is 21.0. The molecule has 0 amide bonds. The van der Waals surface area contributed by atoms with Crippen LogP contribution in [0.4, 0.5) is 5.69 Å². The minimum atomic E-state index is -4.36. The summed E-state index contributed by atoms with van der Waals surface area (Å²) in [6, 6.07) is 14.4. The van der Waals surface area contributed by atoms with E-state index in [0.717, 1.165) is 34.2 Å². The fourth-order valence-corrected chi connectivity index (χ4v) is 7.55. The third-order valence-corrected chi connectivity index (χ3v) is 10.3. The molecule has 0 aliphatic carbocycles. The standard InChI is InChI=1S/C34H34N2O7S2/c1-33(2)15-19(17-44-39)23-11-25-29(13-27(23)35(33)5)43-30-14-28-24(20(18-45(40,41)42)16-34(3,4)36(28)6)12-26(30)31(25)21-9-7-8-10-22(21)32(37)38/h7-16H,17-18H2,1-6H3,(H2-,37,38,39,40,41,42)/p+1. The summed E-state index contributed by atoms with van der Waals surface area (Å²) >= 11 is 0.740. The lowest BCUT2D eigenvalue weighted by Gasteiger charge is -2.41. The zero-order valence-corrected chi connectivity index (χ0v) is 27.5. The van der Waals surface area contributed by atoms with Crippen LogP contribution in [-0.4, -0.2) is 65.3 Å². The zero-order chi connectivity index (χ0) is 32.6. The van der Waals surface area contributed by atoms with Crippen molar-refractivity contribution >= 4 is 50.5 Å². The number of nitrogens with zero attached hydrogens (tertiary/aromatic N) is 2. The van der Waals surface area contributed by atoms with Crippen LogP contribution in [0.5, 0.6) is 11.5 Å². The summed E-state index contributed by atoms with van der Waals surface area (Å²) < 4.78 is 52.8. The van der Waals surface area contributed by atoms with E-state index in [-0.39, 0.29) is 11.1 Å². The second kappa shape index (κ2) is 10.6. The van der Waals surface area contributed by atoms with Crippen LogP contribution in [-0.2, 0) is 10.1 Å². The van der Waals surface area contributed by atoms with Crippen LogP contribution in [0.3, 0.4) is 0 Å². The van der Waals surface area contributed by atoms with Gasteiger partial charge in [0.05, 0.1) is 22.7 Å². The summed E-state index contributed by atoms with van der Waals surface area (Å²) in [6.07, 6.45) is 3.95. The van der Waals surface area contributed by atoms with Gasteiger partial charge in [0.2, 0.25) is 5.36 Å². The van der Waals surface area contributed by atoms with E-state index in [1.807, 2.05) is 63.2 Å². The first-order valence-corrected chi connectivity index (χ1v) is 17.0. The molecule has 0 saturated carbocycles. The van der Waals surface area contributed by atoms with Crippen LogP contribution in [0.15, 0.2) is 60.7 Å². The molecule has 0 spiro atoms. The smallest absolute Gasteiger partial charge is 0.336 e. The Balaban J connectivity index is 1.76. The molecule has 3 aromatic carbocycles. The highest BCUT2D eigenvalue weighted by Gasteiger charge is 2.36. The van der Waals surface area contributed by atoms with Gasteiger partial charge in [-0.1, -0.05) is 24.3 Å². The number of aromatic carboxylic acids is 1. The highest BCUT2D eigenvalue weighted by Crippen LogP contribution is 2.46. The molecule has 3 aliphatic heterocycles. The second-order valence-electron chi connectivity index (χ2n) is 12.8. The van der Waals surface area contributed by atoms with Crippen LogP contribution in [0, 0.1) is 0 Å². The molecular formula is C34H35N2O7S2+. The number of likely N-dealkylation sites (N-methyl/N-ethyl adjacent to an activating group) is 2. The predicted octanol–water partition coefficient (Wildman–Crippen LogP) is 4.74. The summed E-state index contributed by atoms with van der Waals surface area (Å²) in [6.45, 7) is 8.09. The molecule has 0 radical (unpaired) electrons.